The van der Waals surface area contributed by atoms with Gasteiger partial charge in [-0.1, -0.05) is 24.3 Å². The third-order valence-electron chi connectivity index (χ3n) is 7.16. The molecule has 2 heterocycles. The molecule has 2 saturated carbocycles. The lowest BCUT2D eigenvalue weighted by molar-refractivity contribution is -0.140. The van der Waals surface area contributed by atoms with Gasteiger partial charge < -0.3 is 9.15 Å². The summed E-state index contributed by atoms with van der Waals surface area (Å²) in [5, 5.41) is 5.24. The minimum Gasteiger partial charge on any atom is -0.465 e. The maximum absolute atomic E-state index is 13.0. The second kappa shape index (κ2) is 6.51. The molecule has 0 N–H and O–H groups in total. The molecule has 1 aromatic carbocycles. The third-order valence-corrected chi connectivity index (χ3v) is 7.16. The molecule has 6 atom stereocenters. The predicted octanol–water partition coefficient (Wildman–Crippen LogP) is 3.12. The van der Waals surface area contributed by atoms with Crippen LogP contribution in [0.2, 0.25) is 0 Å². The zero-order chi connectivity index (χ0) is 21.3. The summed E-state index contributed by atoms with van der Waals surface area (Å²) in [6, 6.07) is 10.4. The Morgan fingerprint density at radius 1 is 1.03 bits per heavy atom. The molecular formula is C24H20N2O5. The molecule has 2 bridgehead atoms. The van der Waals surface area contributed by atoms with E-state index in [0.29, 0.717) is 28.9 Å². The average Bonchev–Trinajstić information content (AvgIpc) is 3.44. The number of ether oxygens (including phenoxy) is 1. The van der Waals surface area contributed by atoms with Crippen molar-refractivity contribution >= 4 is 24.0 Å². The molecule has 31 heavy (non-hydrogen) atoms. The van der Waals surface area contributed by atoms with E-state index in [0.717, 1.165) is 17.0 Å². The van der Waals surface area contributed by atoms with Crippen molar-refractivity contribution < 1.29 is 23.5 Å². The van der Waals surface area contributed by atoms with Crippen LogP contribution in [0.3, 0.4) is 0 Å². The molecule has 2 aromatic rings. The highest BCUT2D eigenvalue weighted by molar-refractivity contribution is 6.06. The SMILES string of the molecule is COC(=O)c1ccc(-c2ccc(/C=N\N3C(=O)[C@H]4[C@@H]5C=C[C@H]([C@H]6C[C@H]56)[C@@H]4C3=O)o2)cc1. The van der Waals surface area contributed by atoms with Crippen LogP contribution in [0.1, 0.15) is 22.5 Å². The number of hydrogen-bond donors (Lipinski definition) is 0. The number of allylic oxidation sites excluding steroid dienone is 2. The third kappa shape index (κ3) is 2.65. The van der Waals surface area contributed by atoms with Crippen molar-refractivity contribution in [1.29, 1.82) is 0 Å². The number of carbonyl (C=O) groups is 3. The normalized spacial score (nSPS) is 32.5. The number of esters is 1. The van der Waals surface area contributed by atoms with Gasteiger partial charge in [-0.15, -0.1) is 0 Å². The second-order valence-electron chi connectivity index (χ2n) is 8.66. The molecule has 2 amide bonds. The van der Waals surface area contributed by atoms with E-state index in [1.165, 1.54) is 13.3 Å². The molecule has 7 heteroatoms. The van der Waals surface area contributed by atoms with Crippen LogP contribution in [0.25, 0.3) is 11.3 Å². The number of imide groups is 1. The number of methoxy groups -OCH3 is 1. The number of hydrazone groups is 1. The van der Waals surface area contributed by atoms with Gasteiger partial charge in [-0.3, -0.25) is 9.59 Å². The van der Waals surface area contributed by atoms with E-state index in [-0.39, 0.29) is 35.5 Å². The number of rotatable bonds is 4. The Balaban J connectivity index is 1.20. The minimum atomic E-state index is -0.403. The maximum atomic E-state index is 13.0. The van der Waals surface area contributed by atoms with Crippen LogP contribution in [-0.2, 0) is 14.3 Å². The zero-order valence-electron chi connectivity index (χ0n) is 16.8. The standard InChI is InChI=1S/C24H20N2O5/c1-30-24(29)13-4-2-12(3-5-13)19-9-6-14(31-19)11-25-26-22(27)20-15-7-8-16(18-10-17(15)18)21(20)23(26)28/h2-9,11,15-18,20-21H,10H2,1H3/b25-11-/t15-,16-,17-,18-,20+,21+/m1/s1. The van der Waals surface area contributed by atoms with Crippen LogP contribution < -0.4 is 0 Å². The summed E-state index contributed by atoms with van der Waals surface area (Å²) < 4.78 is 10.5. The summed E-state index contributed by atoms with van der Waals surface area (Å²) in [5.74, 6) is 1.21. The maximum Gasteiger partial charge on any atom is 0.337 e. The van der Waals surface area contributed by atoms with Gasteiger partial charge in [-0.2, -0.15) is 10.1 Å². The molecule has 156 valence electrons. The molecular weight excluding hydrogens is 396 g/mol. The molecule has 5 aliphatic rings. The fourth-order valence-electron chi connectivity index (χ4n) is 5.64. The van der Waals surface area contributed by atoms with E-state index in [1.807, 2.05) is 0 Å². The highest BCUT2D eigenvalue weighted by Gasteiger charge is 2.67. The Labute approximate surface area is 178 Å². The van der Waals surface area contributed by atoms with Crippen molar-refractivity contribution in [2.75, 3.05) is 7.11 Å². The quantitative estimate of drug-likeness (QED) is 0.331. The Bertz CT molecular complexity index is 1120. The van der Waals surface area contributed by atoms with E-state index in [9.17, 15) is 14.4 Å². The van der Waals surface area contributed by atoms with Gasteiger partial charge >= 0.3 is 5.97 Å². The van der Waals surface area contributed by atoms with Gasteiger partial charge in [0, 0.05) is 5.56 Å². The Morgan fingerprint density at radius 2 is 1.68 bits per heavy atom. The van der Waals surface area contributed by atoms with E-state index >= 15 is 0 Å². The van der Waals surface area contributed by atoms with Gasteiger partial charge in [0.15, 0.2) is 0 Å². The summed E-state index contributed by atoms with van der Waals surface area (Å²) in [5.41, 5.74) is 1.24. The first-order valence-corrected chi connectivity index (χ1v) is 10.5. The summed E-state index contributed by atoms with van der Waals surface area (Å²) in [4.78, 5) is 37.5. The monoisotopic (exact) mass is 416 g/mol. The van der Waals surface area contributed by atoms with Gasteiger partial charge in [0.1, 0.15) is 11.5 Å². The Kier molecular flexibility index (Phi) is 3.84. The Hall–Kier alpha value is -3.48. The zero-order valence-corrected chi connectivity index (χ0v) is 16.8. The molecule has 0 spiro atoms. The van der Waals surface area contributed by atoms with Crippen LogP contribution in [0.15, 0.2) is 58.1 Å². The van der Waals surface area contributed by atoms with Crippen molar-refractivity contribution in [3.8, 4) is 11.3 Å². The lowest BCUT2D eigenvalue weighted by atomic mass is 9.63. The summed E-state index contributed by atoms with van der Waals surface area (Å²) in [7, 11) is 1.34. The van der Waals surface area contributed by atoms with E-state index in [2.05, 4.69) is 17.3 Å². The van der Waals surface area contributed by atoms with Gasteiger partial charge in [-0.05, 0) is 54.4 Å². The summed E-state index contributed by atoms with van der Waals surface area (Å²) in [6.07, 6.45) is 6.83. The van der Waals surface area contributed by atoms with Crippen LogP contribution in [-0.4, -0.2) is 36.1 Å². The number of hydrogen-bond acceptors (Lipinski definition) is 6. The van der Waals surface area contributed by atoms with Crippen LogP contribution >= 0.6 is 0 Å². The molecule has 1 saturated heterocycles. The van der Waals surface area contributed by atoms with Crippen molar-refractivity contribution in [2.24, 2.45) is 40.6 Å². The summed E-state index contributed by atoms with van der Waals surface area (Å²) >= 11 is 0. The van der Waals surface area contributed by atoms with Gasteiger partial charge in [0.2, 0.25) is 0 Å². The first-order chi connectivity index (χ1) is 15.1. The number of nitrogens with zero attached hydrogens (tertiary/aromatic N) is 2. The van der Waals surface area contributed by atoms with E-state index < -0.39 is 5.97 Å². The molecule has 0 unspecified atom stereocenters. The number of furan rings is 1. The Morgan fingerprint density at radius 3 is 2.29 bits per heavy atom. The second-order valence-corrected chi connectivity index (χ2v) is 8.66. The van der Waals surface area contributed by atoms with Crippen LogP contribution in [0.5, 0.6) is 0 Å². The molecule has 0 radical (unpaired) electrons. The lowest BCUT2D eigenvalue weighted by Crippen LogP contribution is -2.40. The van der Waals surface area contributed by atoms with Crippen molar-refractivity contribution in [2.45, 2.75) is 6.42 Å². The number of benzene rings is 1. The van der Waals surface area contributed by atoms with Crippen molar-refractivity contribution in [3.63, 3.8) is 0 Å². The van der Waals surface area contributed by atoms with Crippen molar-refractivity contribution in [1.82, 2.24) is 5.01 Å². The van der Waals surface area contributed by atoms with Crippen LogP contribution in [0, 0.1) is 35.5 Å². The van der Waals surface area contributed by atoms with Crippen LogP contribution in [0.4, 0.5) is 0 Å². The molecule has 4 aliphatic carbocycles. The number of amides is 2. The largest absolute Gasteiger partial charge is 0.465 e. The highest BCUT2D eigenvalue weighted by Crippen LogP contribution is 2.65. The smallest absolute Gasteiger partial charge is 0.337 e. The predicted molar refractivity (Wildman–Crippen MR) is 110 cm³/mol. The lowest BCUT2D eigenvalue weighted by Gasteiger charge is -2.37. The first-order valence-electron chi connectivity index (χ1n) is 10.5. The topological polar surface area (TPSA) is 89.2 Å². The molecule has 1 aliphatic heterocycles. The first kappa shape index (κ1) is 18.3. The number of carbonyl (C=O) groups excluding carboxylic acids is 3. The molecule has 7 rings (SSSR count). The summed E-state index contributed by atoms with van der Waals surface area (Å²) in [6.45, 7) is 0. The fourth-order valence-corrected chi connectivity index (χ4v) is 5.64. The van der Waals surface area contributed by atoms with Gasteiger partial charge in [0.05, 0.1) is 30.7 Å². The van der Waals surface area contributed by atoms with Gasteiger partial charge in [0.25, 0.3) is 11.8 Å². The van der Waals surface area contributed by atoms with E-state index in [4.69, 9.17) is 9.15 Å². The van der Waals surface area contributed by atoms with Crippen molar-refractivity contribution in [3.05, 3.63) is 59.9 Å². The average molecular weight is 416 g/mol. The fraction of sp³-hybridized carbons (Fsp3) is 0.333. The van der Waals surface area contributed by atoms with Gasteiger partial charge in [-0.25, -0.2) is 4.79 Å². The molecule has 1 aromatic heterocycles. The molecule has 7 nitrogen and oxygen atoms in total. The minimum absolute atomic E-state index is 0.180. The highest BCUT2D eigenvalue weighted by atomic mass is 16.5. The van der Waals surface area contributed by atoms with E-state index in [1.54, 1.807) is 36.4 Å². The molecule has 3 fully saturated rings.